The Morgan fingerprint density at radius 1 is 1.07 bits per heavy atom. The van der Waals surface area contributed by atoms with E-state index in [1.807, 2.05) is 13.0 Å². The number of benzene rings is 1. The van der Waals surface area contributed by atoms with Crippen molar-refractivity contribution in [3.05, 3.63) is 45.2 Å². The number of amides is 1. The average molecular weight is 402 g/mol. The number of H-pyrrole nitrogens is 1. The van der Waals surface area contributed by atoms with E-state index in [1.165, 1.54) is 6.92 Å². The number of hydrogen-bond donors (Lipinski definition) is 2. The molecule has 0 saturated carbocycles. The van der Waals surface area contributed by atoms with Gasteiger partial charge in [-0.25, -0.2) is 9.59 Å². The number of para-hydroxylation sites is 1. The maximum Gasteiger partial charge on any atom is 0.344 e. The minimum absolute atomic E-state index is 0.00811. The molecule has 0 spiro atoms. The zero-order valence-electron chi connectivity index (χ0n) is 17.3. The van der Waals surface area contributed by atoms with E-state index in [-0.39, 0.29) is 24.2 Å². The lowest BCUT2D eigenvalue weighted by molar-refractivity contribution is -0.168. The zero-order valence-corrected chi connectivity index (χ0v) is 17.3. The quantitative estimate of drug-likeness (QED) is 0.538. The highest BCUT2D eigenvalue weighted by atomic mass is 16.6. The van der Waals surface area contributed by atoms with Gasteiger partial charge in [0.2, 0.25) is 11.4 Å². The van der Waals surface area contributed by atoms with E-state index >= 15 is 0 Å². The van der Waals surface area contributed by atoms with Crippen molar-refractivity contribution in [2.75, 3.05) is 13.2 Å². The van der Waals surface area contributed by atoms with Gasteiger partial charge in [0.05, 0.1) is 18.7 Å². The first-order chi connectivity index (χ1) is 13.7. The van der Waals surface area contributed by atoms with Gasteiger partial charge in [-0.05, 0) is 39.3 Å². The molecule has 0 fully saturated rings. The molecular formula is C21H26N2O6. The Morgan fingerprint density at radius 3 is 2.17 bits per heavy atom. The molecule has 2 rings (SSSR count). The van der Waals surface area contributed by atoms with Gasteiger partial charge < -0.3 is 19.8 Å². The Kier molecular flexibility index (Phi) is 6.79. The van der Waals surface area contributed by atoms with Crippen LogP contribution in [0.2, 0.25) is 0 Å². The minimum atomic E-state index is -2.16. The van der Waals surface area contributed by atoms with Crippen molar-refractivity contribution in [1.29, 1.82) is 0 Å². The first-order valence-corrected chi connectivity index (χ1v) is 9.42. The second-order valence-corrected chi connectivity index (χ2v) is 6.76. The summed E-state index contributed by atoms with van der Waals surface area (Å²) in [6.45, 7) is 7.87. The summed E-state index contributed by atoms with van der Waals surface area (Å²) in [7, 11) is 0. The third kappa shape index (κ3) is 4.31. The van der Waals surface area contributed by atoms with Crippen molar-refractivity contribution in [1.82, 2.24) is 10.3 Å². The van der Waals surface area contributed by atoms with Crippen molar-refractivity contribution in [2.24, 2.45) is 0 Å². The van der Waals surface area contributed by atoms with Crippen molar-refractivity contribution >= 4 is 28.7 Å². The molecule has 0 unspecified atom stereocenters. The molecule has 8 nitrogen and oxygen atoms in total. The van der Waals surface area contributed by atoms with Crippen LogP contribution in [0.25, 0.3) is 10.9 Å². The standard InChI is InChI=1S/C21H26N2O6/c1-6-28-19(26)21(23-14(5)24,20(27)29-7-2)11-16-13(4)22-17-12(3)9-8-10-15(17)18(16)25/h8-10H,6-7,11H2,1-5H3,(H,22,25)(H,23,24). The zero-order chi connectivity index (χ0) is 21.8. The highest BCUT2D eigenvalue weighted by Gasteiger charge is 2.51. The van der Waals surface area contributed by atoms with Crippen LogP contribution in [0.5, 0.6) is 0 Å². The highest BCUT2D eigenvalue weighted by molar-refractivity contribution is 6.08. The number of rotatable bonds is 7. The number of nitrogens with one attached hydrogen (secondary N) is 2. The van der Waals surface area contributed by atoms with Crippen molar-refractivity contribution in [2.45, 2.75) is 46.6 Å². The molecule has 1 amide bonds. The minimum Gasteiger partial charge on any atom is -0.464 e. The summed E-state index contributed by atoms with van der Waals surface area (Å²) < 4.78 is 10.1. The molecule has 8 heteroatoms. The molecule has 1 heterocycles. The van der Waals surface area contributed by atoms with Crippen LogP contribution in [0.1, 0.15) is 37.6 Å². The fourth-order valence-corrected chi connectivity index (χ4v) is 3.28. The molecule has 0 radical (unpaired) electrons. The lowest BCUT2D eigenvalue weighted by Crippen LogP contribution is -2.63. The summed E-state index contributed by atoms with van der Waals surface area (Å²) in [4.78, 5) is 53.9. The Labute approximate surface area is 168 Å². The van der Waals surface area contributed by atoms with Crippen LogP contribution >= 0.6 is 0 Å². The van der Waals surface area contributed by atoms with E-state index in [2.05, 4.69) is 10.3 Å². The number of aryl methyl sites for hydroxylation is 2. The van der Waals surface area contributed by atoms with Gasteiger partial charge in [-0.3, -0.25) is 9.59 Å². The first-order valence-electron chi connectivity index (χ1n) is 9.42. The molecule has 0 aliphatic carbocycles. The van der Waals surface area contributed by atoms with Crippen LogP contribution in [0.15, 0.2) is 23.0 Å². The molecule has 0 atom stereocenters. The van der Waals surface area contributed by atoms with Crippen LogP contribution in [0, 0.1) is 13.8 Å². The van der Waals surface area contributed by atoms with Gasteiger partial charge >= 0.3 is 11.9 Å². The number of hydrogen-bond acceptors (Lipinski definition) is 6. The molecule has 29 heavy (non-hydrogen) atoms. The van der Waals surface area contributed by atoms with E-state index in [9.17, 15) is 19.2 Å². The van der Waals surface area contributed by atoms with E-state index in [4.69, 9.17) is 9.47 Å². The van der Waals surface area contributed by atoms with Gasteiger partial charge in [-0.2, -0.15) is 0 Å². The lowest BCUT2D eigenvalue weighted by atomic mass is 9.88. The molecule has 2 aromatic rings. The Bertz CT molecular complexity index is 990. The predicted octanol–water partition coefficient (Wildman–Crippen LogP) is 1.69. The normalized spacial score (nSPS) is 11.2. The van der Waals surface area contributed by atoms with Crippen molar-refractivity contribution in [3.63, 3.8) is 0 Å². The molecule has 156 valence electrons. The Hall–Kier alpha value is -3.16. The van der Waals surface area contributed by atoms with Gasteiger partial charge in [0.25, 0.3) is 0 Å². The van der Waals surface area contributed by atoms with Crippen LogP contribution in [0.4, 0.5) is 0 Å². The van der Waals surface area contributed by atoms with Gasteiger partial charge in [0.15, 0.2) is 5.43 Å². The SMILES string of the molecule is CCOC(=O)C(Cc1c(C)[nH]c2c(C)cccc2c1=O)(NC(C)=O)C(=O)OCC. The summed E-state index contributed by atoms with van der Waals surface area (Å²) in [6.07, 6.45) is -0.394. The molecule has 1 aromatic carbocycles. The summed E-state index contributed by atoms with van der Waals surface area (Å²) in [5.41, 5.74) is -0.247. The summed E-state index contributed by atoms with van der Waals surface area (Å²) in [6, 6.07) is 5.29. The fraction of sp³-hybridized carbons (Fsp3) is 0.429. The van der Waals surface area contributed by atoms with Crippen LogP contribution < -0.4 is 10.7 Å². The van der Waals surface area contributed by atoms with Crippen LogP contribution in [-0.4, -0.2) is 41.6 Å². The smallest absolute Gasteiger partial charge is 0.344 e. The molecule has 2 N–H and O–H groups in total. The molecule has 0 bridgehead atoms. The maximum atomic E-state index is 13.2. The summed E-state index contributed by atoms with van der Waals surface area (Å²) >= 11 is 0. The number of fused-ring (bicyclic) bond motifs is 1. The van der Waals surface area contributed by atoms with Crippen LogP contribution in [-0.2, 0) is 30.3 Å². The van der Waals surface area contributed by atoms with Gasteiger partial charge in [0, 0.05) is 30.0 Å². The second-order valence-electron chi connectivity index (χ2n) is 6.76. The molecule has 0 aliphatic rings. The van der Waals surface area contributed by atoms with Gasteiger partial charge in [-0.15, -0.1) is 0 Å². The third-order valence-corrected chi connectivity index (χ3v) is 4.64. The molecule has 0 aliphatic heterocycles. The van der Waals surface area contributed by atoms with Gasteiger partial charge in [-0.1, -0.05) is 12.1 Å². The largest absolute Gasteiger partial charge is 0.464 e. The highest BCUT2D eigenvalue weighted by Crippen LogP contribution is 2.22. The molecular weight excluding hydrogens is 376 g/mol. The number of ether oxygens (including phenoxy) is 2. The van der Waals surface area contributed by atoms with Crippen molar-refractivity contribution in [3.8, 4) is 0 Å². The topological polar surface area (TPSA) is 115 Å². The first kappa shape index (κ1) is 22.1. The molecule has 1 aromatic heterocycles. The number of carbonyl (C=O) groups excluding carboxylic acids is 3. The third-order valence-electron chi connectivity index (χ3n) is 4.64. The van der Waals surface area contributed by atoms with E-state index in [1.54, 1.807) is 32.9 Å². The lowest BCUT2D eigenvalue weighted by Gasteiger charge is -2.30. The number of pyridine rings is 1. The molecule has 0 saturated heterocycles. The Morgan fingerprint density at radius 2 is 1.66 bits per heavy atom. The second kappa shape index (κ2) is 8.89. The van der Waals surface area contributed by atoms with E-state index in [0.29, 0.717) is 16.6 Å². The fourth-order valence-electron chi connectivity index (χ4n) is 3.28. The van der Waals surface area contributed by atoms with E-state index < -0.39 is 29.8 Å². The predicted molar refractivity (Wildman–Crippen MR) is 108 cm³/mol. The number of aromatic amines is 1. The van der Waals surface area contributed by atoms with E-state index in [0.717, 1.165) is 5.56 Å². The number of aromatic nitrogens is 1. The summed E-state index contributed by atoms with van der Waals surface area (Å²) in [5, 5.41) is 2.81. The van der Waals surface area contributed by atoms with Crippen LogP contribution in [0.3, 0.4) is 0 Å². The average Bonchev–Trinajstić information content (AvgIpc) is 2.65. The maximum absolute atomic E-state index is 13.2. The number of carbonyl (C=O) groups is 3. The summed E-state index contributed by atoms with van der Waals surface area (Å²) in [5.74, 6) is -2.58. The Balaban J connectivity index is 2.73. The van der Waals surface area contributed by atoms with Crippen molar-refractivity contribution < 1.29 is 23.9 Å². The van der Waals surface area contributed by atoms with Gasteiger partial charge in [0.1, 0.15) is 0 Å². The monoisotopic (exact) mass is 402 g/mol. The number of esters is 2.